The number of guanidine groups is 1. The number of oxazole rings is 1. The lowest BCUT2D eigenvalue weighted by molar-refractivity contribution is 0.147. The van der Waals surface area contributed by atoms with Crippen LogP contribution in [0.25, 0.3) is 0 Å². The second kappa shape index (κ2) is 11.7. The Kier molecular flexibility index (Phi) is 9.00. The molecule has 2 aliphatic rings. The molecule has 2 aliphatic heterocycles. The maximum atomic E-state index is 5.74. The van der Waals surface area contributed by atoms with Crippen LogP contribution in [0, 0.1) is 19.8 Å². The summed E-state index contributed by atoms with van der Waals surface area (Å²) in [5, 5.41) is 7.06. The SMILES string of the molecule is CCC1CCCCN1CCNC(=NC)NCC1CCN(Cc2nc(C)c(C)o2)CC1. The molecule has 2 saturated heterocycles. The summed E-state index contributed by atoms with van der Waals surface area (Å²) in [7, 11) is 1.87. The molecule has 0 bridgehead atoms. The predicted octanol–water partition coefficient (Wildman–Crippen LogP) is 2.93. The second-order valence-electron chi connectivity index (χ2n) is 8.94. The molecule has 1 aromatic heterocycles. The van der Waals surface area contributed by atoms with Crippen molar-refractivity contribution in [3.8, 4) is 0 Å². The molecule has 1 unspecified atom stereocenters. The van der Waals surface area contributed by atoms with Gasteiger partial charge in [0.1, 0.15) is 5.76 Å². The van der Waals surface area contributed by atoms with E-state index in [1.54, 1.807) is 0 Å². The number of likely N-dealkylation sites (tertiary alicyclic amines) is 2. The average Bonchev–Trinajstić information content (AvgIpc) is 3.08. The predicted molar refractivity (Wildman–Crippen MR) is 123 cm³/mol. The van der Waals surface area contributed by atoms with Crippen molar-refractivity contribution in [2.75, 3.05) is 46.3 Å². The second-order valence-corrected chi connectivity index (χ2v) is 8.94. The third-order valence-corrected chi connectivity index (χ3v) is 6.83. The first-order valence-corrected chi connectivity index (χ1v) is 11.9. The van der Waals surface area contributed by atoms with E-state index in [-0.39, 0.29) is 0 Å². The molecule has 0 amide bonds. The minimum atomic E-state index is 0.694. The zero-order valence-corrected chi connectivity index (χ0v) is 19.5. The summed E-state index contributed by atoms with van der Waals surface area (Å²) < 4.78 is 5.74. The van der Waals surface area contributed by atoms with E-state index in [2.05, 4.69) is 37.3 Å². The Morgan fingerprint density at radius 2 is 1.93 bits per heavy atom. The Bertz CT molecular complexity index is 645. The number of aliphatic imine (C=N–C) groups is 1. The molecule has 0 aromatic carbocycles. The highest BCUT2D eigenvalue weighted by atomic mass is 16.4. The monoisotopic (exact) mass is 418 g/mol. The van der Waals surface area contributed by atoms with Crippen molar-refractivity contribution in [2.24, 2.45) is 10.9 Å². The summed E-state index contributed by atoms with van der Waals surface area (Å²) in [6, 6.07) is 0.768. The molecule has 3 heterocycles. The molecular formula is C23H42N6O. The zero-order chi connectivity index (χ0) is 21.3. The highest BCUT2D eigenvalue weighted by Gasteiger charge is 2.22. The Labute approximate surface area is 182 Å². The van der Waals surface area contributed by atoms with Crippen molar-refractivity contribution in [2.45, 2.75) is 71.9 Å². The van der Waals surface area contributed by atoms with E-state index >= 15 is 0 Å². The molecule has 1 atom stereocenters. The Balaban J connectivity index is 1.31. The molecule has 3 rings (SSSR count). The molecule has 2 N–H and O–H groups in total. The van der Waals surface area contributed by atoms with Crippen LogP contribution in [0.2, 0.25) is 0 Å². The van der Waals surface area contributed by atoms with E-state index in [9.17, 15) is 0 Å². The van der Waals surface area contributed by atoms with Crippen molar-refractivity contribution in [1.29, 1.82) is 0 Å². The van der Waals surface area contributed by atoms with Gasteiger partial charge >= 0.3 is 0 Å². The molecule has 1 aromatic rings. The normalized spacial score (nSPS) is 22.4. The fourth-order valence-electron chi connectivity index (χ4n) is 4.74. The third-order valence-electron chi connectivity index (χ3n) is 6.83. The van der Waals surface area contributed by atoms with Crippen LogP contribution in [0.4, 0.5) is 0 Å². The Hall–Kier alpha value is -1.60. The smallest absolute Gasteiger partial charge is 0.208 e. The summed E-state index contributed by atoms with van der Waals surface area (Å²) >= 11 is 0. The van der Waals surface area contributed by atoms with E-state index in [1.807, 2.05) is 20.9 Å². The molecule has 170 valence electrons. The quantitative estimate of drug-likeness (QED) is 0.500. The average molecular weight is 419 g/mol. The van der Waals surface area contributed by atoms with E-state index in [4.69, 9.17) is 4.42 Å². The lowest BCUT2D eigenvalue weighted by Gasteiger charge is -2.35. The first kappa shape index (κ1) is 23.1. The topological polar surface area (TPSA) is 68.9 Å². The maximum absolute atomic E-state index is 5.74. The van der Waals surface area contributed by atoms with E-state index in [0.717, 1.165) is 68.6 Å². The highest BCUT2D eigenvalue weighted by Crippen LogP contribution is 2.20. The van der Waals surface area contributed by atoms with E-state index < -0.39 is 0 Å². The van der Waals surface area contributed by atoms with Crippen molar-refractivity contribution in [1.82, 2.24) is 25.4 Å². The van der Waals surface area contributed by atoms with Crippen LogP contribution < -0.4 is 10.6 Å². The summed E-state index contributed by atoms with van der Waals surface area (Å²) in [4.78, 5) is 14.0. The number of hydrogen-bond acceptors (Lipinski definition) is 5. The fourth-order valence-corrected chi connectivity index (χ4v) is 4.74. The molecule has 0 saturated carbocycles. The van der Waals surface area contributed by atoms with Gasteiger partial charge in [0.2, 0.25) is 5.89 Å². The van der Waals surface area contributed by atoms with E-state index in [1.165, 1.54) is 45.1 Å². The van der Waals surface area contributed by atoms with Gasteiger partial charge in [-0.15, -0.1) is 0 Å². The van der Waals surface area contributed by atoms with Gasteiger partial charge in [0.15, 0.2) is 5.96 Å². The van der Waals surface area contributed by atoms with Crippen LogP contribution in [0.5, 0.6) is 0 Å². The van der Waals surface area contributed by atoms with Gasteiger partial charge < -0.3 is 15.1 Å². The maximum Gasteiger partial charge on any atom is 0.208 e. The van der Waals surface area contributed by atoms with Gasteiger partial charge in [-0.25, -0.2) is 4.98 Å². The lowest BCUT2D eigenvalue weighted by atomic mass is 9.97. The molecule has 7 heteroatoms. The summed E-state index contributed by atoms with van der Waals surface area (Å²) in [6.45, 7) is 13.7. The van der Waals surface area contributed by atoms with Gasteiger partial charge in [-0.2, -0.15) is 0 Å². The summed E-state index contributed by atoms with van der Waals surface area (Å²) in [5.74, 6) is 3.42. The number of nitrogens with zero attached hydrogens (tertiary/aromatic N) is 4. The van der Waals surface area contributed by atoms with Crippen LogP contribution in [-0.4, -0.2) is 73.1 Å². The van der Waals surface area contributed by atoms with Crippen LogP contribution in [0.1, 0.15) is 62.8 Å². The number of rotatable bonds is 8. The van der Waals surface area contributed by atoms with Gasteiger partial charge in [0, 0.05) is 32.7 Å². The van der Waals surface area contributed by atoms with Crippen LogP contribution in [0.15, 0.2) is 9.41 Å². The lowest BCUT2D eigenvalue weighted by Crippen LogP contribution is -2.47. The van der Waals surface area contributed by atoms with E-state index in [0.29, 0.717) is 5.92 Å². The third kappa shape index (κ3) is 6.71. The Morgan fingerprint density at radius 3 is 2.60 bits per heavy atom. The number of hydrogen-bond donors (Lipinski definition) is 2. The first-order valence-electron chi connectivity index (χ1n) is 11.9. The largest absolute Gasteiger partial charge is 0.444 e. The summed E-state index contributed by atoms with van der Waals surface area (Å²) in [6.07, 6.45) is 7.76. The van der Waals surface area contributed by atoms with Crippen LogP contribution in [0.3, 0.4) is 0 Å². The van der Waals surface area contributed by atoms with Crippen LogP contribution >= 0.6 is 0 Å². The van der Waals surface area contributed by atoms with Gasteiger partial charge in [-0.1, -0.05) is 13.3 Å². The van der Waals surface area contributed by atoms with Gasteiger partial charge in [-0.3, -0.25) is 14.8 Å². The minimum Gasteiger partial charge on any atom is -0.444 e. The van der Waals surface area contributed by atoms with Gasteiger partial charge in [0.25, 0.3) is 0 Å². The highest BCUT2D eigenvalue weighted by molar-refractivity contribution is 5.79. The van der Waals surface area contributed by atoms with Crippen molar-refractivity contribution in [3.63, 3.8) is 0 Å². The fraction of sp³-hybridized carbons (Fsp3) is 0.826. The standard InChI is InChI=1S/C23H42N6O/c1-5-21-8-6-7-12-29(21)15-11-25-23(24-4)26-16-20-9-13-28(14-10-20)17-22-27-18(2)19(3)30-22/h20-21H,5-17H2,1-4H3,(H2,24,25,26). The number of piperidine rings is 2. The van der Waals surface area contributed by atoms with Crippen LogP contribution in [-0.2, 0) is 6.54 Å². The van der Waals surface area contributed by atoms with Gasteiger partial charge in [0.05, 0.1) is 12.2 Å². The number of aryl methyl sites for hydroxylation is 2. The van der Waals surface area contributed by atoms with Crippen molar-refractivity contribution in [3.05, 3.63) is 17.3 Å². The molecule has 0 spiro atoms. The molecule has 0 aliphatic carbocycles. The molecule has 7 nitrogen and oxygen atoms in total. The van der Waals surface area contributed by atoms with Crippen molar-refractivity contribution >= 4 is 5.96 Å². The number of aromatic nitrogens is 1. The zero-order valence-electron chi connectivity index (χ0n) is 19.5. The molecular weight excluding hydrogens is 376 g/mol. The summed E-state index contributed by atoms with van der Waals surface area (Å²) in [5.41, 5.74) is 1.01. The Morgan fingerprint density at radius 1 is 1.13 bits per heavy atom. The number of nitrogens with one attached hydrogen (secondary N) is 2. The van der Waals surface area contributed by atoms with Gasteiger partial charge in [-0.05, 0) is 71.5 Å². The minimum absolute atomic E-state index is 0.694. The van der Waals surface area contributed by atoms with Crippen molar-refractivity contribution < 1.29 is 4.42 Å². The molecule has 2 fully saturated rings. The molecule has 30 heavy (non-hydrogen) atoms. The first-order chi connectivity index (χ1) is 14.6. The molecule has 0 radical (unpaired) electrons.